The van der Waals surface area contributed by atoms with Crippen LogP contribution in [0.5, 0.6) is 17.2 Å². The molecular weight excluding hydrogens is 384 g/mol. The van der Waals surface area contributed by atoms with Gasteiger partial charge in [-0.05, 0) is 35.6 Å². The van der Waals surface area contributed by atoms with E-state index in [9.17, 15) is 4.79 Å². The second-order valence-electron chi connectivity index (χ2n) is 5.68. The lowest BCUT2D eigenvalue weighted by atomic mass is 10.1. The van der Waals surface area contributed by atoms with Gasteiger partial charge in [0.15, 0.2) is 18.1 Å². The Balaban J connectivity index is 1.54. The SMILES string of the molecule is COc1cc(CCC(=O)OCc2nc(-c3cccs3)no2)cc(OC)c1OC. The maximum absolute atomic E-state index is 12.1. The Kier molecular flexibility index (Phi) is 6.49. The molecule has 9 heteroatoms. The number of benzene rings is 1. The average Bonchev–Trinajstić information content (AvgIpc) is 3.41. The lowest BCUT2D eigenvalue weighted by Crippen LogP contribution is -2.06. The fourth-order valence-corrected chi connectivity index (χ4v) is 3.21. The number of methoxy groups -OCH3 is 3. The van der Waals surface area contributed by atoms with Gasteiger partial charge in [-0.25, -0.2) is 0 Å². The number of nitrogens with zero attached hydrogens (tertiary/aromatic N) is 2. The number of hydrogen-bond acceptors (Lipinski definition) is 9. The lowest BCUT2D eigenvalue weighted by Gasteiger charge is -2.14. The van der Waals surface area contributed by atoms with E-state index in [1.807, 2.05) is 17.5 Å². The van der Waals surface area contributed by atoms with Crippen LogP contribution in [0.1, 0.15) is 17.9 Å². The molecule has 28 heavy (non-hydrogen) atoms. The highest BCUT2D eigenvalue weighted by Crippen LogP contribution is 2.38. The van der Waals surface area contributed by atoms with Crippen molar-refractivity contribution in [1.82, 2.24) is 10.1 Å². The number of hydrogen-bond donors (Lipinski definition) is 0. The van der Waals surface area contributed by atoms with E-state index in [0.717, 1.165) is 10.4 Å². The predicted molar refractivity (Wildman–Crippen MR) is 102 cm³/mol. The first-order valence-electron chi connectivity index (χ1n) is 8.45. The molecule has 2 aromatic heterocycles. The fraction of sp³-hybridized carbons (Fsp3) is 0.316. The van der Waals surface area contributed by atoms with Crippen LogP contribution in [-0.2, 0) is 22.6 Å². The Labute approximate surface area is 166 Å². The van der Waals surface area contributed by atoms with Crippen LogP contribution in [0.2, 0.25) is 0 Å². The van der Waals surface area contributed by atoms with E-state index in [-0.39, 0.29) is 24.9 Å². The third-order valence-electron chi connectivity index (χ3n) is 3.91. The first-order chi connectivity index (χ1) is 13.6. The van der Waals surface area contributed by atoms with Gasteiger partial charge in [0, 0.05) is 6.42 Å². The van der Waals surface area contributed by atoms with Crippen molar-refractivity contribution < 1.29 is 28.3 Å². The highest BCUT2D eigenvalue weighted by atomic mass is 32.1. The summed E-state index contributed by atoms with van der Waals surface area (Å²) in [4.78, 5) is 17.2. The van der Waals surface area contributed by atoms with E-state index in [1.165, 1.54) is 11.3 Å². The Morgan fingerprint density at radius 1 is 1.14 bits per heavy atom. The normalized spacial score (nSPS) is 10.5. The highest BCUT2D eigenvalue weighted by Gasteiger charge is 2.15. The average molecular weight is 404 g/mol. The molecule has 0 aliphatic rings. The Morgan fingerprint density at radius 3 is 2.50 bits per heavy atom. The largest absolute Gasteiger partial charge is 0.493 e. The molecule has 0 saturated heterocycles. The Bertz CT molecular complexity index is 897. The zero-order chi connectivity index (χ0) is 19.9. The van der Waals surface area contributed by atoms with Gasteiger partial charge in [0.2, 0.25) is 11.6 Å². The smallest absolute Gasteiger partial charge is 0.306 e. The van der Waals surface area contributed by atoms with Crippen LogP contribution in [0.3, 0.4) is 0 Å². The number of aryl methyl sites for hydroxylation is 1. The number of thiophene rings is 1. The Morgan fingerprint density at radius 2 is 1.89 bits per heavy atom. The molecule has 0 fully saturated rings. The molecule has 0 saturated carbocycles. The standard InChI is InChI=1S/C19H20N2O6S/c1-23-13-9-12(10-14(24-2)18(13)25-3)6-7-17(22)26-11-16-20-19(21-27-16)15-5-4-8-28-15/h4-5,8-10H,6-7,11H2,1-3H3. The summed E-state index contributed by atoms with van der Waals surface area (Å²) in [6.07, 6.45) is 0.643. The molecule has 1 aromatic carbocycles. The van der Waals surface area contributed by atoms with Crippen molar-refractivity contribution in [3.63, 3.8) is 0 Å². The van der Waals surface area contributed by atoms with Gasteiger partial charge < -0.3 is 23.5 Å². The molecule has 3 rings (SSSR count). The van der Waals surface area contributed by atoms with Gasteiger partial charge in [0.05, 0.1) is 26.2 Å². The van der Waals surface area contributed by atoms with E-state index in [4.69, 9.17) is 23.5 Å². The monoisotopic (exact) mass is 404 g/mol. The van der Waals surface area contributed by atoms with Crippen molar-refractivity contribution in [3.05, 3.63) is 41.1 Å². The van der Waals surface area contributed by atoms with Crippen molar-refractivity contribution in [2.24, 2.45) is 0 Å². The number of aromatic nitrogens is 2. The van der Waals surface area contributed by atoms with Gasteiger partial charge in [-0.3, -0.25) is 4.79 Å². The molecule has 8 nitrogen and oxygen atoms in total. The van der Waals surface area contributed by atoms with E-state index in [2.05, 4.69) is 10.1 Å². The maximum atomic E-state index is 12.1. The van der Waals surface area contributed by atoms with Crippen molar-refractivity contribution in [2.75, 3.05) is 21.3 Å². The minimum Gasteiger partial charge on any atom is -0.493 e. The topological polar surface area (TPSA) is 92.9 Å². The first-order valence-corrected chi connectivity index (χ1v) is 9.33. The molecule has 0 bridgehead atoms. The summed E-state index contributed by atoms with van der Waals surface area (Å²) in [6.45, 7) is -0.0630. The van der Waals surface area contributed by atoms with E-state index in [1.54, 1.807) is 33.5 Å². The summed E-state index contributed by atoms with van der Waals surface area (Å²) in [5.41, 5.74) is 0.865. The molecule has 0 radical (unpaired) electrons. The summed E-state index contributed by atoms with van der Waals surface area (Å²) < 4.78 is 26.3. The third kappa shape index (κ3) is 4.61. The number of esters is 1. The van der Waals surface area contributed by atoms with Crippen LogP contribution < -0.4 is 14.2 Å². The zero-order valence-corrected chi connectivity index (χ0v) is 16.6. The molecule has 148 valence electrons. The van der Waals surface area contributed by atoms with Gasteiger partial charge in [0.1, 0.15) is 0 Å². The molecule has 0 spiro atoms. The summed E-state index contributed by atoms with van der Waals surface area (Å²) in [7, 11) is 4.63. The summed E-state index contributed by atoms with van der Waals surface area (Å²) in [5.74, 6) is 1.95. The Hall–Kier alpha value is -3.07. The number of rotatable bonds is 9. The molecule has 0 amide bonds. The van der Waals surface area contributed by atoms with Crippen LogP contribution in [0.15, 0.2) is 34.2 Å². The number of carbonyl (C=O) groups excluding carboxylic acids is 1. The third-order valence-corrected chi connectivity index (χ3v) is 4.77. The molecule has 0 atom stereocenters. The number of carbonyl (C=O) groups is 1. The van der Waals surface area contributed by atoms with Gasteiger partial charge in [0.25, 0.3) is 5.89 Å². The predicted octanol–water partition coefficient (Wildman–Crippen LogP) is 3.50. The zero-order valence-electron chi connectivity index (χ0n) is 15.8. The van der Waals surface area contributed by atoms with Crippen molar-refractivity contribution in [3.8, 4) is 28.0 Å². The minimum absolute atomic E-state index is 0.0630. The summed E-state index contributed by atoms with van der Waals surface area (Å²) >= 11 is 1.51. The lowest BCUT2D eigenvalue weighted by molar-refractivity contribution is -0.145. The van der Waals surface area contributed by atoms with Gasteiger partial charge in [-0.2, -0.15) is 4.98 Å². The van der Waals surface area contributed by atoms with Gasteiger partial charge in [-0.15, -0.1) is 11.3 Å². The van der Waals surface area contributed by atoms with Gasteiger partial charge in [-0.1, -0.05) is 11.2 Å². The maximum Gasteiger partial charge on any atom is 0.306 e. The second-order valence-corrected chi connectivity index (χ2v) is 6.63. The molecule has 0 N–H and O–H groups in total. The second kappa shape index (κ2) is 9.23. The van der Waals surface area contributed by atoms with Crippen LogP contribution in [-0.4, -0.2) is 37.4 Å². The van der Waals surface area contributed by atoms with Crippen molar-refractivity contribution in [1.29, 1.82) is 0 Å². The van der Waals surface area contributed by atoms with E-state index >= 15 is 0 Å². The van der Waals surface area contributed by atoms with Crippen LogP contribution in [0.4, 0.5) is 0 Å². The number of ether oxygens (including phenoxy) is 4. The summed E-state index contributed by atoms with van der Waals surface area (Å²) in [6, 6.07) is 7.40. The van der Waals surface area contributed by atoms with E-state index < -0.39 is 0 Å². The minimum atomic E-state index is -0.371. The molecule has 0 aliphatic heterocycles. The van der Waals surface area contributed by atoms with E-state index in [0.29, 0.717) is 29.5 Å². The van der Waals surface area contributed by atoms with Crippen LogP contribution >= 0.6 is 11.3 Å². The van der Waals surface area contributed by atoms with Crippen molar-refractivity contribution >= 4 is 17.3 Å². The molecule has 0 unspecified atom stereocenters. The summed E-state index contributed by atoms with van der Waals surface area (Å²) in [5, 5.41) is 5.80. The highest BCUT2D eigenvalue weighted by molar-refractivity contribution is 7.13. The molecule has 3 aromatic rings. The van der Waals surface area contributed by atoms with Crippen LogP contribution in [0.25, 0.3) is 10.7 Å². The molecular formula is C19H20N2O6S. The molecule has 2 heterocycles. The fourth-order valence-electron chi connectivity index (χ4n) is 2.56. The van der Waals surface area contributed by atoms with Gasteiger partial charge >= 0.3 is 5.97 Å². The first kappa shape index (κ1) is 19.7. The molecule has 0 aliphatic carbocycles. The quantitative estimate of drug-likeness (QED) is 0.500. The van der Waals surface area contributed by atoms with Crippen molar-refractivity contribution in [2.45, 2.75) is 19.4 Å². The van der Waals surface area contributed by atoms with Crippen LogP contribution in [0, 0.1) is 0 Å².